The van der Waals surface area contributed by atoms with Crippen molar-refractivity contribution in [3.05, 3.63) is 63.9 Å². The monoisotopic (exact) mass is 440 g/mol. The van der Waals surface area contributed by atoms with E-state index >= 15 is 0 Å². The quantitative estimate of drug-likeness (QED) is 0.636. The first-order chi connectivity index (χ1) is 15.0. The zero-order valence-electron chi connectivity index (χ0n) is 18.0. The van der Waals surface area contributed by atoms with Crippen molar-refractivity contribution < 1.29 is 14.6 Å². The molecule has 7 nitrogen and oxygen atoms in total. The van der Waals surface area contributed by atoms with Crippen LogP contribution in [0.1, 0.15) is 45.3 Å². The summed E-state index contributed by atoms with van der Waals surface area (Å²) in [5.41, 5.74) is 0.503. The second kappa shape index (κ2) is 9.20. The fourth-order valence-electron chi connectivity index (χ4n) is 3.92. The fraction of sp³-hybridized carbons (Fsp3) is 0.435. The number of amides is 1. The summed E-state index contributed by atoms with van der Waals surface area (Å²) in [5.74, 6) is 0.809. The van der Waals surface area contributed by atoms with Crippen molar-refractivity contribution in [3.63, 3.8) is 0 Å². The Labute approximate surface area is 186 Å². The molecule has 0 bridgehead atoms. The largest absolute Gasteiger partial charge is 0.493 e. The van der Waals surface area contributed by atoms with Gasteiger partial charge in [0.15, 0.2) is 0 Å². The van der Waals surface area contributed by atoms with Gasteiger partial charge in [0.2, 0.25) is 0 Å². The first-order valence-corrected chi connectivity index (χ1v) is 11.4. The van der Waals surface area contributed by atoms with Gasteiger partial charge in [-0.05, 0) is 38.0 Å². The summed E-state index contributed by atoms with van der Waals surface area (Å²) in [6.07, 6.45) is 4.17. The molecule has 0 radical (unpaired) electrons. The smallest absolute Gasteiger partial charge is 0.272 e. The summed E-state index contributed by atoms with van der Waals surface area (Å²) in [6.45, 7) is 3.66. The molecule has 1 atom stereocenters. The van der Waals surface area contributed by atoms with Crippen molar-refractivity contribution in [2.75, 3.05) is 19.7 Å². The number of aromatic nitrogens is 3. The molecule has 4 rings (SSSR count). The van der Waals surface area contributed by atoms with Crippen molar-refractivity contribution in [1.82, 2.24) is 19.7 Å². The Bertz CT molecular complexity index is 1030. The van der Waals surface area contributed by atoms with Crippen LogP contribution in [0.15, 0.2) is 42.6 Å². The molecule has 1 amide bonds. The number of nitrogens with zero attached hydrogens (tertiary/aromatic N) is 4. The number of para-hydroxylation sites is 1. The molecule has 31 heavy (non-hydrogen) atoms. The number of rotatable bonds is 6. The summed E-state index contributed by atoms with van der Waals surface area (Å²) < 4.78 is 7.41. The minimum absolute atomic E-state index is 0.0432. The van der Waals surface area contributed by atoms with Crippen LogP contribution in [-0.2, 0) is 19.1 Å². The number of benzene rings is 1. The van der Waals surface area contributed by atoms with Crippen LogP contribution in [0.25, 0.3) is 0 Å². The Kier molecular flexibility index (Phi) is 6.38. The maximum Gasteiger partial charge on any atom is 0.272 e. The lowest BCUT2D eigenvalue weighted by atomic mass is 9.96. The van der Waals surface area contributed by atoms with Crippen LogP contribution >= 0.6 is 11.3 Å². The van der Waals surface area contributed by atoms with Crippen LogP contribution in [0.5, 0.6) is 5.75 Å². The lowest BCUT2D eigenvalue weighted by Crippen LogP contribution is -2.34. The summed E-state index contributed by atoms with van der Waals surface area (Å²) in [4.78, 5) is 20.5. The van der Waals surface area contributed by atoms with Crippen LogP contribution in [0.4, 0.5) is 0 Å². The van der Waals surface area contributed by atoms with E-state index in [1.54, 1.807) is 35.3 Å². The van der Waals surface area contributed by atoms with Crippen molar-refractivity contribution in [1.29, 1.82) is 0 Å². The van der Waals surface area contributed by atoms with Gasteiger partial charge in [-0.15, -0.1) is 11.3 Å². The Morgan fingerprint density at radius 3 is 2.77 bits per heavy atom. The molecule has 0 aliphatic carbocycles. The molecule has 1 fully saturated rings. The Hall–Kier alpha value is -2.71. The number of hydrogen-bond acceptors (Lipinski definition) is 6. The van der Waals surface area contributed by atoms with Crippen molar-refractivity contribution in [3.8, 4) is 5.75 Å². The zero-order valence-corrected chi connectivity index (χ0v) is 18.8. The normalized spacial score (nSPS) is 19.3. The Morgan fingerprint density at radius 1 is 1.23 bits per heavy atom. The van der Waals surface area contributed by atoms with Gasteiger partial charge in [-0.1, -0.05) is 18.2 Å². The zero-order chi connectivity index (χ0) is 21.8. The molecule has 3 aromatic rings. The molecule has 1 aromatic carbocycles. The van der Waals surface area contributed by atoms with Crippen LogP contribution in [-0.4, -0.2) is 50.4 Å². The SMILES string of the molecule is Cc1nc([C@]2(O)CCCN(C(=O)c3ccnn3C)CC2)sc1CCOc1ccccc1. The average Bonchev–Trinajstić information content (AvgIpc) is 3.30. The predicted molar refractivity (Wildman–Crippen MR) is 119 cm³/mol. The van der Waals surface area contributed by atoms with Gasteiger partial charge in [0.25, 0.3) is 5.91 Å². The highest BCUT2D eigenvalue weighted by molar-refractivity contribution is 7.11. The van der Waals surface area contributed by atoms with Crippen LogP contribution in [0.2, 0.25) is 0 Å². The molecule has 1 saturated heterocycles. The topological polar surface area (TPSA) is 80.5 Å². The minimum Gasteiger partial charge on any atom is -0.493 e. The molecular weight excluding hydrogens is 412 g/mol. The van der Waals surface area contributed by atoms with E-state index in [-0.39, 0.29) is 5.91 Å². The number of aliphatic hydroxyl groups is 1. The number of likely N-dealkylation sites (tertiary alicyclic amines) is 1. The summed E-state index contributed by atoms with van der Waals surface area (Å²) in [7, 11) is 1.77. The van der Waals surface area contributed by atoms with Gasteiger partial charge in [-0.25, -0.2) is 4.98 Å². The van der Waals surface area contributed by atoms with Gasteiger partial charge in [-0.2, -0.15) is 5.10 Å². The lowest BCUT2D eigenvalue weighted by molar-refractivity contribution is 0.0209. The third-order valence-electron chi connectivity index (χ3n) is 5.77. The molecule has 0 spiro atoms. The van der Waals surface area contributed by atoms with Gasteiger partial charge in [0.05, 0.1) is 12.3 Å². The second-order valence-electron chi connectivity index (χ2n) is 7.96. The third kappa shape index (κ3) is 4.80. The number of thiazole rings is 1. The van der Waals surface area contributed by atoms with Crippen LogP contribution < -0.4 is 4.74 Å². The summed E-state index contributed by atoms with van der Waals surface area (Å²) >= 11 is 1.56. The molecule has 2 aromatic heterocycles. The van der Waals surface area contributed by atoms with Crippen LogP contribution in [0, 0.1) is 6.92 Å². The van der Waals surface area contributed by atoms with E-state index in [1.807, 2.05) is 42.2 Å². The summed E-state index contributed by atoms with van der Waals surface area (Å²) in [6, 6.07) is 11.5. The first kappa shape index (κ1) is 21.5. The average molecular weight is 441 g/mol. The Morgan fingerprint density at radius 2 is 2.03 bits per heavy atom. The molecule has 1 aliphatic heterocycles. The molecule has 164 valence electrons. The van der Waals surface area contributed by atoms with E-state index in [4.69, 9.17) is 9.72 Å². The molecular formula is C23H28N4O3S. The van der Waals surface area contributed by atoms with Crippen molar-refractivity contribution >= 4 is 17.2 Å². The van der Waals surface area contributed by atoms with Crippen molar-refractivity contribution in [2.24, 2.45) is 7.05 Å². The minimum atomic E-state index is -1.00. The van der Waals surface area contributed by atoms with Gasteiger partial charge in [0.1, 0.15) is 22.1 Å². The highest BCUT2D eigenvalue weighted by atomic mass is 32.1. The molecule has 0 saturated carbocycles. The molecule has 8 heteroatoms. The number of ether oxygens (including phenoxy) is 1. The number of hydrogen-bond donors (Lipinski definition) is 1. The van der Waals surface area contributed by atoms with E-state index in [1.165, 1.54) is 0 Å². The lowest BCUT2D eigenvalue weighted by Gasteiger charge is -2.24. The van der Waals surface area contributed by atoms with Gasteiger partial charge in [0, 0.05) is 44.1 Å². The van der Waals surface area contributed by atoms with Crippen molar-refractivity contribution in [2.45, 2.75) is 38.2 Å². The second-order valence-corrected chi connectivity index (χ2v) is 9.04. The standard InChI is InChI=1S/C23H28N4O3S/c1-17-20(10-16-30-18-7-4-3-5-8-18)31-22(25-17)23(29)11-6-14-27(15-12-23)21(28)19-9-13-24-26(19)2/h3-5,7-9,13,29H,6,10-12,14-16H2,1-2H3/t23-/m0/s1. The maximum absolute atomic E-state index is 12.8. The van der Waals surface area contributed by atoms with Crippen LogP contribution in [0.3, 0.4) is 0 Å². The molecule has 0 unspecified atom stereocenters. The number of carbonyl (C=O) groups is 1. The van der Waals surface area contributed by atoms with Gasteiger partial charge >= 0.3 is 0 Å². The van der Waals surface area contributed by atoms with E-state index in [0.717, 1.165) is 34.2 Å². The summed E-state index contributed by atoms with van der Waals surface area (Å²) in [5, 5.41) is 16.2. The molecule has 1 N–H and O–H groups in total. The highest BCUT2D eigenvalue weighted by Gasteiger charge is 2.36. The first-order valence-electron chi connectivity index (χ1n) is 10.6. The molecule has 3 heterocycles. The van der Waals surface area contributed by atoms with Gasteiger partial charge < -0.3 is 14.7 Å². The van der Waals surface area contributed by atoms with E-state index < -0.39 is 5.60 Å². The molecule has 1 aliphatic rings. The maximum atomic E-state index is 12.8. The van der Waals surface area contributed by atoms with Gasteiger partial charge in [-0.3, -0.25) is 9.48 Å². The third-order valence-corrected chi connectivity index (χ3v) is 7.18. The predicted octanol–water partition coefficient (Wildman–Crippen LogP) is 3.32. The van der Waals surface area contributed by atoms with E-state index in [2.05, 4.69) is 5.10 Å². The van der Waals surface area contributed by atoms with E-state index in [0.29, 0.717) is 38.2 Å². The van der Waals surface area contributed by atoms with E-state index in [9.17, 15) is 9.90 Å². The number of carbonyl (C=O) groups excluding carboxylic acids is 1. The number of aryl methyl sites for hydroxylation is 2. The highest BCUT2D eigenvalue weighted by Crippen LogP contribution is 2.37. The fourth-order valence-corrected chi connectivity index (χ4v) is 5.11. The Balaban J connectivity index is 1.40.